The fourth-order valence-corrected chi connectivity index (χ4v) is 4.05. The lowest BCUT2D eigenvalue weighted by Crippen LogP contribution is -2.01. The zero-order valence-electron chi connectivity index (χ0n) is 13.2. The number of hydrogen-bond donors (Lipinski definition) is 1. The highest BCUT2D eigenvalue weighted by Gasteiger charge is 2.17. The van der Waals surface area contributed by atoms with Gasteiger partial charge in [-0.3, -0.25) is 4.98 Å². The summed E-state index contributed by atoms with van der Waals surface area (Å²) in [6, 6.07) is 3.95. The van der Waals surface area contributed by atoms with E-state index in [1.165, 1.54) is 0 Å². The maximum atomic E-state index is 6.37. The van der Waals surface area contributed by atoms with Gasteiger partial charge in [0.2, 0.25) is 0 Å². The minimum absolute atomic E-state index is 0.676. The number of pyridine rings is 2. The molecule has 4 aromatic heterocycles. The molecule has 0 aliphatic carbocycles. The van der Waals surface area contributed by atoms with Gasteiger partial charge < -0.3 is 5.32 Å². The topological polar surface area (TPSA) is 63.6 Å². The average Bonchev–Trinajstić information content (AvgIpc) is 2.97. The van der Waals surface area contributed by atoms with E-state index in [4.69, 9.17) is 11.6 Å². The summed E-state index contributed by atoms with van der Waals surface area (Å²) in [4.78, 5) is 18.5. The van der Waals surface area contributed by atoms with Gasteiger partial charge in [-0.05, 0) is 37.1 Å². The lowest BCUT2D eigenvalue weighted by Gasteiger charge is -2.06. The van der Waals surface area contributed by atoms with Gasteiger partial charge in [0, 0.05) is 24.3 Å². The molecule has 0 bridgehead atoms. The van der Waals surface area contributed by atoms with Crippen molar-refractivity contribution in [1.82, 2.24) is 19.9 Å². The Balaban J connectivity index is 1.83. The zero-order valence-corrected chi connectivity index (χ0v) is 14.7. The van der Waals surface area contributed by atoms with E-state index < -0.39 is 0 Å². The monoisotopic (exact) mass is 355 g/mol. The van der Waals surface area contributed by atoms with Gasteiger partial charge in [-0.1, -0.05) is 11.6 Å². The maximum absolute atomic E-state index is 6.37. The van der Waals surface area contributed by atoms with Gasteiger partial charge in [-0.2, -0.15) is 0 Å². The Morgan fingerprint density at radius 2 is 1.96 bits per heavy atom. The van der Waals surface area contributed by atoms with Crippen LogP contribution in [0.2, 0.25) is 5.02 Å². The molecule has 0 aliphatic heterocycles. The molecule has 5 nitrogen and oxygen atoms in total. The van der Waals surface area contributed by atoms with E-state index in [1.807, 2.05) is 26.0 Å². The molecule has 24 heavy (non-hydrogen) atoms. The Kier molecular flexibility index (Phi) is 3.78. The number of nitrogens with one attached hydrogen (secondary N) is 1. The second-order valence-corrected chi connectivity index (χ2v) is 6.90. The molecule has 0 radical (unpaired) electrons. The first-order chi connectivity index (χ1) is 11.6. The Bertz CT molecular complexity index is 1050. The molecule has 0 spiro atoms. The lowest BCUT2D eigenvalue weighted by molar-refractivity contribution is 1.09. The molecule has 0 aromatic carbocycles. The van der Waals surface area contributed by atoms with Crippen LogP contribution in [0.3, 0.4) is 0 Å². The minimum Gasteiger partial charge on any atom is -0.365 e. The zero-order chi connectivity index (χ0) is 16.7. The number of hydrogen-bond acceptors (Lipinski definition) is 6. The molecular formula is C17H14ClN5S. The molecule has 0 unspecified atom stereocenters. The summed E-state index contributed by atoms with van der Waals surface area (Å²) in [5.41, 5.74) is 3.90. The van der Waals surface area contributed by atoms with E-state index >= 15 is 0 Å². The summed E-state index contributed by atoms with van der Waals surface area (Å²) < 4.78 is 0.999. The third-order valence-corrected chi connectivity index (χ3v) is 5.59. The molecule has 0 aliphatic rings. The molecule has 1 N–H and O–H groups in total. The third kappa shape index (κ3) is 2.48. The summed E-state index contributed by atoms with van der Waals surface area (Å²) in [7, 11) is 0. The number of fused-ring (bicyclic) bond motifs is 3. The molecule has 0 saturated heterocycles. The fraction of sp³-hybridized carbons (Fsp3) is 0.176. The molecule has 4 heterocycles. The number of thiophene rings is 1. The Morgan fingerprint density at radius 3 is 2.75 bits per heavy atom. The van der Waals surface area contributed by atoms with Crippen molar-refractivity contribution in [3.8, 4) is 0 Å². The predicted octanol–water partition coefficient (Wildman–Crippen LogP) is 4.52. The second-order valence-electron chi connectivity index (χ2n) is 5.53. The maximum Gasteiger partial charge on any atom is 0.147 e. The highest BCUT2D eigenvalue weighted by atomic mass is 35.5. The van der Waals surface area contributed by atoms with Crippen molar-refractivity contribution in [2.45, 2.75) is 20.4 Å². The average molecular weight is 356 g/mol. The van der Waals surface area contributed by atoms with E-state index in [-0.39, 0.29) is 0 Å². The van der Waals surface area contributed by atoms with Crippen LogP contribution in [0.4, 0.5) is 5.82 Å². The summed E-state index contributed by atoms with van der Waals surface area (Å²) in [5.74, 6) is 0.813. The van der Waals surface area contributed by atoms with Crippen molar-refractivity contribution >= 4 is 49.2 Å². The largest absolute Gasteiger partial charge is 0.365 e. The van der Waals surface area contributed by atoms with Crippen LogP contribution in [0.1, 0.15) is 16.8 Å². The molecule has 4 rings (SSSR count). The minimum atomic E-state index is 0.676. The first kappa shape index (κ1) is 15.2. The summed E-state index contributed by atoms with van der Waals surface area (Å²) in [6.45, 7) is 4.61. The highest BCUT2D eigenvalue weighted by Crippen LogP contribution is 2.39. The van der Waals surface area contributed by atoms with Crippen molar-refractivity contribution < 1.29 is 0 Å². The van der Waals surface area contributed by atoms with E-state index in [0.29, 0.717) is 11.6 Å². The van der Waals surface area contributed by atoms with Crippen LogP contribution in [0, 0.1) is 13.8 Å². The van der Waals surface area contributed by atoms with Gasteiger partial charge in [0.15, 0.2) is 0 Å². The van der Waals surface area contributed by atoms with E-state index in [9.17, 15) is 0 Å². The molecule has 0 atom stereocenters. The quantitative estimate of drug-likeness (QED) is 0.585. The van der Waals surface area contributed by atoms with Crippen LogP contribution < -0.4 is 5.32 Å². The number of rotatable bonds is 3. The predicted molar refractivity (Wildman–Crippen MR) is 98.8 cm³/mol. The van der Waals surface area contributed by atoms with E-state index in [2.05, 4.69) is 25.3 Å². The SMILES string of the molecule is Cc1nc2sc3c(NCc4ccncc4)ncnc3c2c(C)c1Cl. The van der Waals surface area contributed by atoms with Crippen LogP contribution in [0.25, 0.3) is 20.4 Å². The Morgan fingerprint density at radius 1 is 1.17 bits per heavy atom. The van der Waals surface area contributed by atoms with Gasteiger partial charge in [-0.15, -0.1) is 11.3 Å². The molecule has 7 heteroatoms. The molecular weight excluding hydrogens is 342 g/mol. The highest BCUT2D eigenvalue weighted by molar-refractivity contribution is 7.26. The van der Waals surface area contributed by atoms with Crippen molar-refractivity contribution in [1.29, 1.82) is 0 Å². The number of anilines is 1. The normalized spacial score (nSPS) is 11.3. The van der Waals surface area contributed by atoms with Gasteiger partial charge in [-0.25, -0.2) is 15.0 Å². The van der Waals surface area contributed by atoms with E-state index in [0.717, 1.165) is 43.1 Å². The molecule has 0 fully saturated rings. The lowest BCUT2D eigenvalue weighted by atomic mass is 10.1. The van der Waals surface area contributed by atoms with Crippen molar-refractivity contribution in [2.75, 3.05) is 5.32 Å². The van der Waals surface area contributed by atoms with Gasteiger partial charge in [0.05, 0.1) is 20.9 Å². The Hall–Kier alpha value is -2.31. The standard InChI is InChI=1S/C17H14ClN5S/c1-9-12-14-15(24-17(12)23-10(2)13(9)18)16(22-8-21-14)20-7-11-3-5-19-6-4-11/h3-6,8H,7H2,1-2H3,(H,20,21,22). The second kappa shape index (κ2) is 5.96. The number of aryl methyl sites for hydroxylation is 2. The molecule has 120 valence electrons. The first-order valence-corrected chi connectivity index (χ1v) is 8.67. The van der Waals surface area contributed by atoms with Crippen molar-refractivity contribution in [3.63, 3.8) is 0 Å². The van der Waals surface area contributed by atoms with Crippen molar-refractivity contribution in [2.24, 2.45) is 0 Å². The molecule has 0 amide bonds. The number of aromatic nitrogens is 4. The summed E-state index contributed by atoms with van der Waals surface area (Å²) in [5, 5.41) is 5.10. The number of halogens is 1. The van der Waals surface area contributed by atoms with Gasteiger partial charge >= 0.3 is 0 Å². The van der Waals surface area contributed by atoms with Crippen LogP contribution in [0.5, 0.6) is 0 Å². The summed E-state index contributed by atoms with van der Waals surface area (Å²) in [6.07, 6.45) is 5.14. The van der Waals surface area contributed by atoms with Crippen LogP contribution >= 0.6 is 22.9 Å². The van der Waals surface area contributed by atoms with Crippen LogP contribution in [-0.4, -0.2) is 19.9 Å². The van der Waals surface area contributed by atoms with Gasteiger partial charge in [0.25, 0.3) is 0 Å². The first-order valence-electron chi connectivity index (χ1n) is 7.48. The summed E-state index contributed by atoms with van der Waals surface area (Å²) >= 11 is 7.96. The van der Waals surface area contributed by atoms with Crippen LogP contribution in [0.15, 0.2) is 30.9 Å². The molecule has 0 saturated carbocycles. The van der Waals surface area contributed by atoms with Crippen LogP contribution in [-0.2, 0) is 6.54 Å². The van der Waals surface area contributed by atoms with Crippen molar-refractivity contribution in [3.05, 3.63) is 52.7 Å². The number of nitrogens with zero attached hydrogens (tertiary/aromatic N) is 4. The molecule has 4 aromatic rings. The third-order valence-electron chi connectivity index (χ3n) is 3.95. The fourth-order valence-electron chi connectivity index (χ4n) is 2.71. The smallest absolute Gasteiger partial charge is 0.147 e. The Labute approximate surface area is 147 Å². The van der Waals surface area contributed by atoms with E-state index in [1.54, 1.807) is 30.1 Å². The van der Waals surface area contributed by atoms with Gasteiger partial charge in [0.1, 0.15) is 17.0 Å².